The predicted octanol–water partition coefficient (Wildman–Crippen LogP) is 3.35. The maximum Gasteiger partial charge on any atom is 0.389 e. The Morgan fingerprint density at radius 1 is 1.14 bits per heavy atom. The van der Waals surface area contributed by atoms with Gasteiger partial charge in [-0.1, -0.05) is 18.2 Å². The highest BCUT2D eigenvalue weighted by molar-refractivity contribution is 5.78. The van der Waals surface area contributed by atoms with Gasteiger partial charge >= 0.3 is 6.18 Å². The van der Waals surface area contributed by atoms with Gasteiger partial charge in [0, 0.05) is 24.0 Å². The highest BCUT2D eigenvalue weighted by Gasteiger charge is 2.25. The average molecular weight is 298 g/mol. The monoisotopic (exact) mass is 298 g/mol. The first-order valence-corrected chi connectivity index (χ1v) is 6.84. The highest BCUT2D eigenvalue weighted by atomic mass is 19.4. The number of aromatic nitrogens is 1. The molecule has 0 aliphatic carbocycles. The molecule has 6 heteroatoms. The minimum absolute atomic E-state index is 0.102. The van der Waals surface area contributed by atoms with Gasteiger partial charge < -0.3 is 10.3 Å². The molecular weight excluding hydrogens is 281 g/mol. The molecule has 0 spiro atoms. The lowest BCUT2D eigenvalue weighted by Gasteiger charge is -2.07. The van der Waals surface area contributed by atoms with Crippen molar-refractivity contribution in [3.63, 3.8) is 0 Å². The van der Waals surface area contributed by atoms with Gasteiger partial charge in [-0.2, -0.15) is 13.2 Å². The number of nitrogens with one attached hydrogen (secondary N) is 2. The maximum atomic E-state index is 12.0. The summed E-state index contributed by atoms with van der Waals surface area (Å²) < 4.78 is 35.9. The summed E-state index contributed by atoms with van der Waals surface area (Å²) in [5.74, 6) is 0. The third-order valence-electron chi connectivity index (χ3n) is 3.21. The summed E-state index contributed by atoms with van der Waals surface area (Å²) in [5, 5.41) is 3.94. The third kappa shape index (κ3) is 4.90. The van der Waals surface area contributed by atoms with Gasteiger partial charge in [-0.15, -0.1) is 0 Å². The fourth-order valence-electron chi connectivity index (χ4n) is 2.12. The average Bonchev–Trinajstić information content (AvgIpc) is 2.41. The highest BCUT2D eigenvalue weighted by Crippen LogP contribution is 2.21. The van der Waals surface area contributed by atoms with Crippen LogP contribution in [0.5, 0.6) is 0 Å². The standard InChI is InChI=1S/C15H17F3N2O/c16-15(17,18)7-3-4-8-19-10-12-9-11-5-1-2-6-13(11)20-14(12)21/h1-2,5-6,9,19H,3-4,7-8,10H2,(H,20,21). The molecule has 0 atom stereocenters. The van der Waals surface area contributed by atoms with Gasteiger partial charge in [0.2, 0.25) is 0 Å². The smallest absolute Gasteiger partial charge is 0.322 e. The normalized spacial score (nSPS) is 12.0. The first-order chi connectivity index (χ1) is 9.96. The van der Waals surface area contributed by atoms with Gasteiger partial charge in [0.25, 0.3) is 5.56 Å². The fraction of sp³-hybridized carbons (Fsp3) is 0.400. The summed E-state index contributed by atoms with van der Waals surface area (Å²) in [4.78, 5) is 14.6. The van der Waals surface area contributed by atoms with Crippen LogP contribution < -0.4 is 10.9 Å². The molecule has 0 amide bonds. The molecule has 0 saturated carbocycles. The number of halogens is 3. The number of unbranched alkanes of at least 4 members (excludes halogenated alkanes) is 1. The number of rotatable bonds is 6. The largest absolute Gasteiger partial charge is 0.389 e. The van der Waals surface area contributed by atoms with Crippen molar-refractivity contribution in [2.75, 3.05) is 6.54 Å². The number of aromatic amines is 1. The Balaban J connectivity index is 1.84. The van der Waals surface area contributed by atoms with E-state index in [4.69, 9.17) is 0 Å². The van der Waals surface area contributed by atoms with E-state index in [1.165, 1.54) is 0 Å². The number of H-pyrrole nitrogens is 1. The first-order valence-electron chi connectivity index (χ1n) is 6.84. The SMILES string of the molecule is O=c1[nH]c2ccccc2cc1CNCCCCC(F)(F)F. The lowest BCUT2D eigenvalue weighted by atomic mass is 10.1. The van der Waals surface area contributed by atoms with Gasteiger partial charge in [0.1, 0.15) is 0 Å². The van der Waals surface area contributed by atoms with E-state index in [0.29, 0.717) is 25.1 Å². The Labute approximate surface area is 120 Å². The van der Waals surface area contributed by atoms with Crippen LogP contribution >= 0.6 is 0 Å². The molecular formula is C15H17F3N2O. The molecule has 1 aromatic heterocycles. The summed E-state index contributed by atoms with van der Waals surface area (Å²) in [6, 6.07) is 9.26. The number of pyridine rings is 1. The maximum absolute atomic E-state index is 12.0. The van der Waals surface area contributed by atoms with Crippen molar-refractivity contribution in [3.8, 4) is 0 Å². The summed E-state index contributed by atoms with van der Waals surface area (Å²) >= 11 is 0. The Morgan fingerprint density at radius 2 is 1.90 bits per heavy atom. The molecule has 2 rings (SSSR count). The van der Waals surface area contributed by atoms with E-state index < -0.39 is 12.6 Å². The topological polar surface area (TPSA) is 44.9 Å². The van der Waals surface area contributed by atoms with E-state index in [0.717, 1.165) is 10.9 Å². The van der Waals surface area contributed by atoms with Crippen molar-refractivity contribution in [1.29, 1.82) is 0 Å². The Morgan fingerprint density at radius 3 is 2.67 bits per heavy atom. The van der Waals surface area contributed by atoms with Crippen LogP contribution in [0.1, 0.15) is 24.8 Å². The molecule has 0 radical (unpaired) electrons. The van der Waals surface area contributed by atoms with Gasteiger partial charge in [0.15, 0.2) is 0 Å². The number of hydrogen-bond donors (Lipinski definition) is 2. The minimum Gasteiger partial charge on any atom is -0.322 e. The third-order valence-corrected chi connectivity index (χ3v) is 3.21. The molecule has 0 fully saturated rings. The molecule has 0 aliphatic heterocycles. The number of benzene rings is 1. The second-order valence-electron chi connectivity index (χ2n) is 4.96. The van der Waals surface area contributed by atoms with Crippen molar-refractivity contribution in [2.24, 2.45) is 0 Å². The van der Waals surface area contributed by atoms with Crippen LogP contribution in [0.15, 0.2) is 35.1 Å². The van der Waals surface area contributed by atoms with Crippen LogP contribution in [0, 0.1) is 0 Å². The molecule has 0 bridgehead atoms. The summed E-state index contributed by atoms with van der Waals surface area (Å²) in [6.45, 7) is 0.814. The number of fused-ring (bicyclic) bond motifs is 1. The van der Waals surface area contributed by atoms with E-state index in [9.17, 15) is 18.0 Å². The minimum atomic E-state index is -4.09. The van der Waals surface area contributed by atoms with Crippen LogP contribution in [0.3, 0.4) is 0 Å². The molecule has 3 nitrogen and oxygen atoms in total. The number of hydrogen-bond acceptors (Lipinski definition) is 2. The van der Waals surface area contributed by atoms with Crippen molar-refractivity contribution in [3.05, 3.63) is 46.2 Å². The van der Waals surface area contributed by atoms with E-state index >= 15 is 0 Å². The molecule has 21 heavy (non-hydrogen) atoms. The quantitative estimate of drug-likeness (QED) is 0.803. The zero-order valence-electron chi connectivity index (χ0n) is 11.5. The van der Waals surface area contributed by atoms with E-state index in [-0.39, 0.29) is 12.0 Å². The van der Waals surface area contributed by atoms with Gasteiger partial charge in [0.05, 0.1) is 0 Å². The fourth-order valence-corrected chi connectivity index (χ4v) is 2.12. The van der Waals surface area contributed by atoms with Crippen LogP contribution in [-0.2, 0) is 6.54 Å². The number of alkyl halides is 3. The van der Waals surface area contributed by atoms with Crippen LogP contribution in [-0.4, -0.2) is 17.7 Å². The van der Waals surface area contributed by atoms with E-state index in [2.05, 4.69) is 10.3 Å². The molecule has 2 aromatic rings. The van der Waals surface area contributed by atoms with Crippen molar-refractivity contribution in [1.82, 2.24) is 10.3 Å². The Bertz CT molecular complexity index is 649. The second kappa shape index (κ2) is 6.76. The van der Waals surface area contributed by atoms with Gasteiger partial charge in [-0.25, -0.2) is 0 Å². The van der Waals surface area contributed by atoms with Crippen molar-refractivity contribution < 1.29 is 13.2 Å². The first kappa shape index (κ1) is 15.6. The molecule has 114 valence electrons. The summed E-state index contributed by atoms with van der Waals surface area (Å²) in [6.07, 6.45) is -4.31. The van der Waals surface area contributed by atoms with Gasteiger partial charge in [-0.05, 0) is 36.9 Å². The molecule has 0 unspecified atom stereocenters. The second-order valence-corrected chi connectivity index (χ2v) is 4.96. The molecule has 1 aromatic carbocycles. The lowest BCUT2D eigenvalue weighted by Crippen LogP contribution is -2.22. The van der Waals surface area contributed by atoms with E-state index in [1.807, 2.05) is 24.3 Å². The zero-order chi connectivity index (χ0) is 15.3. The predicted molar refractivity (Wildman–Crippen MR) is 76.2 cm³/mol. The van der Waals surface area contributed by atoms with Crippen LogP contribution in [0.25, 0.3) is 10.9 Å². The summed E-state index contributed by atoms with van der Waals surface area (Å²) in [5.41, 5.74) is 1.19. The molecule has 0 saturated heterocycles. The summed E-state index contributed by atoms with van der Waals surface area (Å²) in [7, 11) is 0. The van der Waals surface area contributed by atoms with Crippen molar-refractivity contribution in [2.45, 2.75) is 32.0 Å². The van der Waals surface area contributed by atoms with Gasteiger partial charge in [-0.3, -0.25) is 4.79 Å². The Kier molecular flexibility index (Phi) is 5.01. The number of para-hydroxylation sites is 1. The van der Waals surface area contributed by atoms with Crippen molar-refractivity contribution >= 4 is 10.9 Å². The van der Waals surface area contributed by atoms with Crippen LogP contribution in [0.4, 0.5) is 13.2 Å². The lowest BCUT2D eigenvalue weighted by molar-refractivity contribution is -0.135. The Hall–Kier alpha value is -1.82. The molecule has 1 heterocycles. The molecule has 0 aliphatic rings. The molecule has 2 N–H and O–H groups in total. The van der Waals surface area contributed by atoms with Crippen LogP contribution in [0.2, 0.25) is 0 Å². The van der Waals surface area contributed by atoms with E-state index in [1.54, 1.807) is 6.07 Å². The zero-order valence-corrected chi connectivity index (χ0v) is 11.5.